The monoisotopic (exact) mass is 303 g/mol. The van der Waals surface area contributed by atoms with Crippen molar-refractivity contribution in [2.24, 2.45) is 0 Å². The minimum absolute atomic E-state index is 0.0940. The largest absolute Gasteiger partial charge is 0.381 e. The molecule has 4 N–H and O–H groups in total. The van der Waals surface area contributed by atoms with Gasteiger partial charge in [-0.25, -0.2) is 13.4 Å². The fraction of sp³-hybridized carbons (Fsp3) is 0.333. The van der Waals surface area contributed by atoms with E-state index in [9.17, 15) is 13.2 Å². The van der Waals surface area contributed by atoms with E-state index in [2.05, 4.69) is 15.0 Å². The van der Waals surface area contributed by atoms with Crippen LogP contribution in [0.25, 0.3) is 4.96 Å². The Morgan fingerprint density at radius 3 is 2.89 bits per heavy atom. The first kappa shape index (κ1) is 13.8. The maximum Gasteiger partial charge on any atom is 0.261 e. The van der Waals surface area contributed by atoms with E-state index < -0.39 is 22.0 Å². The smallest absolute Gasteiger partial charge is 0.261 e. The Morgan fingerprint density at radius 2 is 2.26 bits per heavy atom. The highest BCUT2D eigenvalue weighted by Crippen LogP contribution is 2.23. The number of nitrogens with zero attached hydrogens (tertiary/aromatic N) is 2. The summed E-state index contributed by atoms with van der Waals surface area (Å²) in [5.74, 6) is -0.531. The number of nitrogen functional groups attached to an aromatic ring is 1. The van der Waals surface area contributed by atoms with Gasteiger partial charge in [-0.1, -0.05) is 0 Å². The van der Waals surface area contributed by atoms with E-state index in [0.29, 0.717) is 4.96 Å². The van der Waals surface area contributed by atoms with Crippen LogP contribution in [0, 0.1) is 0 Å². The minimum Gasteiger partial charge on any atom is -0.381 e. The molecule has 0 aliphatic heterocycles. The maximum absolute atomic E-state index is 12.2. The Labute approximate surface area is 113 Å². The number of imidazole rings is 1. The highest BCUT2D eigenvalue weighted by molar-refractivity contribution is 7.89. The number of carbonyl (C=O) groups is 1. The first-order valence-corrected chi connectivity index (χ1v) is 7.68. The molecule has 1 unspecified atom stereocenters. The van der Waals surface area contributed by atoms with Gasteiger partial charge in [0.2, 0.25) is 5.91 Å². The number of nitrogens with one attached hydrogen (secondary N) is 2. The molecule has 0 radical (unpaired) electrons. The lowest BCUT2D eigenvalue weighted by Gasteiger charge is -2.12. The molecule has 10 heteroatoms. The Bertz CT molecular complexity index is 717. The molecule has 1 atom stereocenters. The summed E-state index contributed by atoms with van der Waals surface area (Å²) < 4.78 is 28.1. The first-order valence-electron chi connectivity index (χ1n) is 5.31. The molecular weight excluding hydrogens is 290 g/mol. The topological polar surface area (TPSA) is 119 Å². The number of thiazole rings is 1. The molecule has 1 amide bonds. The quantitative estimate of drug-likeness (QED) is 0.696. The fourth-order valence-corrected chi connectivity index (χ4v) is 3.80. The van der Waals surface area contributed by atoms with Gasteiger partial charge >= 0.3 is 0 Å². The van der Waals surface area contributed by atoms with Gasteiger partial charge in [-0.2, -0.15) is 4.72 Å². The van der Waals surface area contributed by atoms with Crippen LogP contribution < -0.4 is 15.8 Å². The molecule has 0 saturated carbocycles. The normalized spacial score (nSPS) is 13.6. The Morgan fingerprint density at radius 1 is 1.58 bits per heavy atom. The van der Waals surface area contributed by atoms with Crippen LogP contribution >= 0.6 is 11.3 Å². The summed E-state index contributed by atoms with van der Waals surface area (Å²) in [5.41, 5.74) is 5.62. The molecule has 104 valence electrons. The van der Waals surface area contributed by atoms with Gasteiger partial charge in [-0.05, 0) is 6.92 Å². The van der Waals surface area contributed by atoms with E-state index in [1.165, 1.54) is 29.7 Å². The molecule has 19 heavy (non-hydrogen) atoms. The van der Waals surface area contributed by atoms with Crippen LogP contribution in [0.1, 0.15) is 6.92 Å². The van der Waals surface area contributed by atoms with Crippen LogP contribution in [-0.2, 0) is 14.8 Å². The van der Waals surface area contributed by atoms with E-state index in [4.69, 9.17) is 5.73 Å². The van der Waals surface area contributed by atoms with Crippen molar-refractivity contribution in [1.29, 1.82) is 0 Å². The lowest BCUT2D eigenvalue weighted by Crippen LogP contribution is -2.43. The van der Waals surface area contributed by atoms with Crippen molar-refractivity contribution in [3.05, 3.63) is 11.6 Å². The minimum atomic E-state index is -3.93. The molecule has 2 aromatic rings. The van der Waals surface area contributed by atoms with E-state index in [0.717, 1.165) is 0 Å². The highest BCUT2D eigenvalue weighted by atomic mass is 32.2. The fourth-order valence-electron chi connectivity index (χ4n) is 1.61. The van der Waals surface area contributed by atoms with Crippen LogP contribution in [0.5, 0.6) is 0 Å². The number of amides is 1. The molecule has 0 bridgehead atoms. The number of hydrogen-bond donors (Lipinski definition) is 3. The zero-order chi connectivity index (χ0) is 14.2. The number of carbonyl (C=O) groups excluding carboxylic acids is 1. The van der Waals surface area contributed by atoms with Crippen LogP contribution in [0.3, 0.4) is 0 Å². The predicted molar refractivity (Wildman–Crippen MR) is 71.3 cm³/mol. The van der Waals surface area contributed by atoms with Crippen molar-refractivity contribution in [2.75, 3.05) is 12.8 Å². The van der Waals surface area contributed by atoms with Gasteiger partial charge in [0, 0.05) is 18.6 Å². The molecule has 0 spiro atoms. The molecule has 0 aromatic carbocycles. The molecule has 2 aromatic heterocycles. The van der Waals surface area contributed by atoms with E-state index >= 15 is 0 Å². The average molecular weight is 303 g/mol. The molecule has 0 aliphatic rings. The molecule has 8 nitrogen and oxygen atoms in total. The summed E-state index contributed by atoms with van der Waals surface area (Å²) in [6.45, 7) is 1.44. The van der Waals surface area contributed by atoms with Gasteiger partial charge in [0.05, 0.1) is 6.04 Å². The number of likely N-dealkylation sites (N-methyl/N-ethyl adjacent to an activating group) is 1. The van der Waals surface area contributed by atoms with Gasteiger partial charge in [-0.3, -0.25) is 9.20 Å². The van der Waals surface area contributed by atoms with Crippen molar-refractivity contribution in [3.63, 3.8) is 0 Å². The van der Waals surface area contributed by atoms with Gasteiger partial charge in [0.15, 0.2) is 15.8 Å². The number of anilines is 1. The molecule has 2 heterocycles. The summed E-state index contributed by atoms with van der Waals surface area (Å²) >= 11 is 1.27. The second-order valence-corrected chi connectivity index (χ2v) is 6.32. The number of nitrogens with two attached hydrogens (primary N) is 1. The zero-order valence-corrected chi connectivity index (χ0v) is 11.9. The lowest BCUT2D eigenvalue weighted by atomic mass is 10.3. The summed E-state index contributed by atoms with van der Waals surface area (Å²) in [6, 6.07) is -0.904. The summed E-state index contributed by atoms with van der Waals surface area (Å²) in [6.07, 6.45) is 1.56. The Kier molecular flexibility index (Phi) is 3.47. The second kappa shape index (κ2) is 4.79. The maximum atomic E-state index is 12.2. The summed E-state index contributed by atoms with van der Waals surface area (Å²) in [5, 5.41) is 3.91. The third-order valence-electron chi connectivity index (χ3n) is 2.47. The number of aromatic nitrogens is 2. The SMILES string of the molecule is CNC(=O)C(C)NS(=O)(=O)c1c(N)nc2sccn12. The van der Waals surface area contributed by atoms with Crippen LogP contribution in [0.4, 0.5) is 5.82 Å². The second-order valence-electron chi connectivity index (χ2n) is 3.82. The number of hydrogen-bond acceptors (Lipinski definition) is 6. The van der Waals surface area contributed by atoms with Crippen molar-refractivity contribution in [3.8, 4) is 0 Å². The van der Waals surface area contributed by atoms with Crippen molar-refractivity contribution in [2.45, 2.75) is 18.0 Å². The van der Waals surface area contributed by atoms with E-state index in [-0.39, 0.29) is 10.8 Å². The summed E-state index contributed by atoms with van der Waals surface area (Å²) in [7, 11) is -2.50. The van der Waals surface area contributed by atoms with Crippen LogP contribution in [0.2, 0.25) is 0 Å². The van der Waals surface area contributed by atoms with Crippen LogP contribution in [-0.4, -0.2) is 36.8 Å². The molecule has 0 fully saturated rings. The van der Waals surface area contributed by atoms with E-state index in [1.54, 1.807) is 11.6 Å². The number of sulfonamides is 1. The lowest BCUT2D eigenvalue weighted by molar-refractivity contribution is -0.121. The van der Waals surface area contributed by atoms with Crippen molar-refractivity contribution in [1.82, 2.24) is 19.4 Å². The van der Waals surface area contributed by atoms with E-state index in [1.807, 2.05) is 0 Å². The third-order valence-corrected chi connectivity index (χ3v) is 4.81. The number of fused-ring (bicyclic) bond motifs is 1. The molecule has 0 aliphatic carbocycles. The molecule has 0 saturated heterocycles. The molecular formula is C9H13N5O3S2. The zero-order valence-electron chi connectivity index (χ0n) is 10.2. The standard InChI is InChI=1S/C9H13N5O3S2/c1-5(7(15)11-2)13-19(16,17)8-6(10)12-9-14(8)3-4-18-9/h3-5,13H,10H2,1-2H3,(H,11,15). The van der Waals surface area contributed by atoms with Gasteiger partial charge in [0.1, 0.15) is 0 Å². The van der Waals surface area contributed by atoms with Crippen LogP contribution in [0.15, 0.2) is 16.6 Å². The Balaban J connectivity index is 2.42. The highest BCUT2D eigenvalue weighted by Gasteiger charge is 2.27. The van der Waals surface area contributed by atoms with Crippen molar-refractivity contribution < 1.29 is 13.2 Å². The van der Waals surface area contributed by atoms with Gasteiger partial charge < -0.3 is 11.1 Å². The van der Waals surface area contributed by atoms with Crippen molar-refractivity contribution >= 4 is 38.0 Å². The number of rotatable bonds is 4. The van der Waals surface area contributed by atoms with Gasteiger partial charge in [-0.15, -0.1) is 11.3 Å². The Hall–Kier alpha value is -1.65. The van der Waals surface area contributed by atoms with Gasteiger partial charge in [0.25, 0.3) is 10.0 Å². The molecule has 2 rings (SSSR count). The summed E-state index contributed by atoms with van der Waals surface area (Å²) in [4.78, 5) is 15.8. The third kappa shape index (κ3) is 2.41. The first-order chi connectivity index (χ1) is 8.86. The average Bonchev–Trinajstić information content (AvgIpc) is 2.85. The predicted octanol–water partition coefficient (Wildman–Crippen LogP) is -0.609.